The van der Waals surface area contributed by atoms with Gasteiger partial charge < -0.3 is 24.1 Å². The Morgan fingerprint density at radius 1 is 1.08 bits per heavy atom. The molecule has 3 aromatic rings. The Kier molecular flexibility index (Phi) is 7.00. The van der Waals surface area contributed by atoms with E-state index in [1.165, 1.54) is 16.2 Å². The number of aromatic nitrogens is 1. The Balaban J connectivity index is 1.66. The van der Waals surface area contributed by atoms with Crippen molar-refractivity contribution in [2.75, 3.05) is 31.3 Å². The number of Topliss-reactive ketones (excluding diaryl/α,β-unsaturated/α-hetero) is 1. The number of aliphatic hydroxyl groups excluding tert-OH is 1. The van der Waals surface area contributed by atoms with E-state index in [4.69, 9.17) is 18.9 Å². The smallest absolute Gasteiger partial charge is 0.301 e. The molecule has 0 aliphatic carbocycles. The highest BCUT2D eigenvalue weighted by molar-refractivity contribution is 7.14. The minimum absolute atomic E-state index is 0.0541. The number of thiazole rings is 1. The first-order chi connectivity index (χ1) is 18.0. The van der Waals surface area contributed by atoms with E-state index in [1.807, 2.05) is 13.8 Å². The summed E-state index contributed by atoms with van der Waals surface area (Å²) < 4.78 is 22.9. The van der Waals surface area contributed by atoms with Crippen LogP contribution in [0, 0.1) is 0 Å². The molecule has 2 aliphatic rings. The molecule has 37 heavy (non-hydrogen) atoms. The van der Waals surface area contributed by atoms with Gasteiger partial charge in [0.05, 0.1) is 24.8 Å². The van der Waals surface area contributed by atoms with Crippen molar-refractivity contribution in [1.29, 1.82) is 0 Å². The van der Waals surface area contributed by atoms with Crippen molar-refractivity contribution in [2.24, 2.45) is 0 Å². The normalized spacial score (nSPS) is 18.2. The predicted octanol–water partition coefficient (Wildman–Crippen LogP) is 4.73. The number of anilines is 1. The lowest BCUT2D eigenvalue weighted by molar-refractivity contribution is -0.132. The summed E-state index contributed by atoms with van der Waals surface area (Å²) >= 11 is 1.23. The molecule has 192 valence electrons. The molecule has 1 atom stereocenters. The van der Waals surface area contributed by atoms with E-state index in [2.05, 4.69) is 4.98 Å². The Morgan fingerprint density at radius 3 is 2.62 bits per heavy atom. The van der Waals surface area contributed by atoms with Crippen LogP contribution in [0.1, 0.15) is 37.4 Å². The van der Waals surface area contributed by atoms with Crippen LogP contribution in [0.5, 0.6) is 23.0 Å². The summed E-state index contributed by atoms with van der Waals surface area (Å²) in [6.45, 7) is 5.58. The first-order valence-corrected chi connectivity index (χ1v) is 12.9. The number of rotatable bonds is 8. The molecule has 1 N–H and O–H groups in total. The van der Waals surface area contributed by atoms with Gasteiger partial charge in [0.15, 0.2) is 28.1 Å². The molecule has 2 aromatic carbocycles. The van der Waals surface area contributed by atoms with Crippen LogP contribution in [0.4, 0.5) is 5.13 Å². The summed E-state index contributed by atoms with van der Waals surface area (Å²) in [7, 11) is 0. The van der Waals surface area contributed by atoms with Gasteiger partial charge in [0.25, 0.3) is 5.78 Å². The van der Waals surface area contributed by atoms with Crippen molar-refractivity contribution in [3.05, 3.63) is 64.7 Å². The quantitative estimate of drug-likeness (QED) is 0.257. The highest BCUT2D eigenvalue weighted by Gasteiger charge is 2.48. The lowest BCUT2D eigenvalue weighted by atomic mass is 9.95. The highest BCUT2D eigenvalue weighted by Crippen LogP contribution is 2.45. The first kappa shape index (κ1) is 24.6. The third-order valence-electron chi connectivity index (χ3n) is 5.93. The van der Waals surface area contributed by atoms with Gasteiger partial charge in [-0.3, -0.25) is 14.5 Å². The Morgan fingerprint density at radius 2 is 1.89 bits per heavy atom. The predicted molar refractivity (Wildman–Crippen MR) is 138 cm³/mol. The van der Waals surface area contributed by atoms with Gasteiger partial charge in [0.2, 0.25) is 0 Å². The molecule has 9 nitrogen and oxygen atoms in total. The molecule has 0 spiro atoms. The monoisotopic (exact) mass is 522 g/mol. The molecule has 1 fully saturated rings. The lowest BCUT2D eigenvalue weighted by Gasteiger charge is -2.24. The van der Waals surface area contributed by atoms with Gasteiger partial charge in [-0.25, -0.2) is 4.98 Å². The van der Waals surface area contributed by atoms with Crippen LogP contribution in [0.25, 0.3) is 5.76 Å². The van der Waals surface area contributed by atoms with E-state index in [-0.39, 0.29) is 11.3 Å². The summed E-state index contributed by atoms with van der Waals surface area (Å²) in [6, 6.07) is 9.23. The van der Waals surface area contributed by atoms with E-state index in [1.54, 1.807) is 48.0 Å². The van der Waals surface area contributed by atoms with E-state index in [0.717, 1.165) is 6.42 Å². The maximum absolute atomic E-state index is 13.4. The number of benzene rings is 2. The second-order valence-electron chi connectivity index (χ2n) is 8.33. The third-order valence-corrected chi connectivity index (χ3v) is 6.70. The van der Waals surface area contributed by atoms with E-state index < -0.39 is 17.7 Å². The standard InChI is InChI=1S/C27H26N2O7S/c1-3-10-34-18-7-5-16(14-20(18)33-4-2)23-22(25(31)26(32)29(23)27-28-9-13-37-27)24(30)17-6-8-19-21(15-17)36-12-11-35-19/h5-9,13-15,23,30H,3-4,10-12H2,1-2H3/b24-22+. The average molecular weight is 523 g/mol. The van der Waals surface area contributed by atoms with Crippen molar-refractivity contribution in [1.82, 2.24) is 4.98 Å². The van der Waals surface area contributed by atoms with Crippen LogP contribution in [-0.4, -0.2) is 48.2 Å². The number of amides is 1. The largest absolute Gasteiger partial charge is 0.507 e. The maximum atomic E-state index is 13.4. The lowest BCUT2D eigenvalue weighted by Crippen LogP contribution is -2.29. The molecule has 1 saturated heterocycles. The maximum Gasteiger partial charge on any atom is 0.301 e. The molecule has 1 amide bonds. The minimum Gasteiger partial charge on any atom is -0.507 e. The molecule has 0 radical (unpaired) electrons. The van der Waals surface area contributed by atoms with Crippen LogP contribution in [0.15, 0.2) is 53.5 Å². The topological polar surface area (TPSA) is 107 Å². The number of aliphatic hydroxyl groups is 1. The second kappa shape index (κ2) is 10.5. The number of nitrogens with zero attached hydrogens (tertiary/aromatic N) is 2. The molecule has 1 aromatic heterocycles. The number of hydrogen-bond acceptors (Lipinski definition) is 9. The fourth-order valence-electron chi connectivity index (χ4n) is 4.32. The Labute approximate surface area is 217 Å². The molecule has 1 unspecified atom stereocenters. The van der Waals surface area contributed by atoms with Gasteiger partial charge in [-0.05, 0) is 49.2 Å². The zero-order valence-electron chi connectivity index (χ0n) is 20.4. The summed E-state index contributed by atoms with van der Waals surface area (Å²) in [4.78, 5) is 32.2. The average Bonchev–Trinajstić information content (AvgIpc) is 3.54. The zero-order chi connectivity index (χ0) is 25.9. The molecule has 5 rings (SSSR count). The Bertz CT molecular complexity index is 1350. The number of hydrogen-bond donors (Lipinski definition) is 1. The summed E-state index contributed by atoms with van der Waals surface area (Å²) in [6.07, 6.45) is 2.39. The summed E-state index contributed by atoms with van der Waals surface area (Å²) in [5.74, 6) is 0.149. The van der Waals surface area contributed by atoms with Crippen LogP contribution in [0.3, 0.4) is 0 Å². The number of fused-ring (bicyclic) bond motifs is 1. The van der Waals surface area contributed by atoms with Crippen molar-refractivity contribution >= 4 is 33.9 Å². The van der Waals surface area contributed by atoms with E-state index >= 15 is 0 Å². The van der Waals surface area contributed by atoms with Gasteiger partial charge in [-0.15, -0.1) is 11.3 Å². The summed E-state index contributed by atoms with van der Waals surface area (Å²) in [5, 5.41) is 13.5. The third kappa shape index (κ3) is 4.60. The molecular formula is C27H26N2O7S. The molecule has 0 saturated carbocycles. The fraction of sp³-hybridized carbons (Fsp3) is 0.296. The molecule has 10 heteroatoms. The number of carbonyl (C=O) groups excluding carboxylic acids is 2. The zero-order valence-corrected chi connectivity index (χ0v) is 21.2. The number of carbonyl (C=O) groups is 2. The number of ketones is 1. The van der Waals surface area contributed by atoms with Crippen molar-refractivity contribution in [2.45, 2.75) is 26.3 Å². The van der Waals surface area contributed by atoms with Gasteiger partial charge in [-0.2, -0.15) is 0 Å². The van der Waals surface area contributed by atoms with Crippen LogP contribution in [-0.2, 0) is 9.59 Å². The van der Waals surface area contributed by atoms with Crippen molar-refractivity contribution in [3.8, 4) is 23.0 Å². The molecule has 0 bridgehead atoms. The molecule has 3 heterocycles. The van der Waals surface area contributed by atoms with Crippen LogP contribution >= 0.6 is 11.3 Å². The highest BCUT2D eigenvalue weighted by atomic mass is 32.1. The Hall–Kier alpha value is -4.05. The fourth-order valence-corrected chi connectivity index (χ4v) is 4.99. The van der Waals surface area contributed by atoms with Gasteiger partial charge in [0, 0.05) is 17.1 Å². The van der Waals surface area contributed by atoms with Crippen LogP contribution in [0.2, 0.25) is 0 Å². The first-order valence-electron chi connectivity index (χ1n) is 12.0. The second-order valence-corrected chi connectivity index (χ2v) is 9.20. The SMILES string of the molecule is CCCOc1ccc(C2/C(=C(\O)c3ccc4c(c3)OCCO4)C(=O)C(=O)N2c2nccs2)cc1OCC. The number of ether oxygens (including phenoxy) is 4. The van der Waals surface area contributed by atoms with E-state index in [9.17, 15) is 14.7 Å². The van der Waals surface area contributed by atoms with Crippen molar-refractivity contribution < 1.29 is 33.6 Å². The summed E-state index contributed by atoms with van der Waals surface area (Å²) in [5.41, 5.74) is 0.849. The van der Waals surface area contributed by atoms with Crippen molar-refractivity contribution in [3.63, 3.8) is 0 Å². The molecular weight excluding hydrogens is 496 g/mol. The van der Waals surface area contributed by atoms with E-state index in [0.29, 0.717) is 65.7 Å². The van der Waals surface area contributed by atoms with Gasteiger partial charge in [0.1, 0.15) is 19.0 Å². The van der Waals surface area contributed by atoms with Gasteiger partial charge in [-0.1, -0.05) is 13.0 Å². The molecule has 2 aliphatic heterocycles. The van der Waals surface area contributed by atoms with Crippen LogP contribution < -0.4 is 23.8 Å². The minimum atomic E-state index is -0.932. The van der Waals surface area contributed by atoms with Gasteiger partial charge >= 0.3 is 5.91 Å².